The molecule has 0 radical (unpaired) electrons. The number of rotatable bonds is 9. The molecule has 4 aliphatic rings. The maximum Gasteiger partial charge on any atom is 0.315 e. The standard InChI is InChI=1S/C30H46FN5O3/c31-27-8-6-23(7-9-27)19-24-3-2-12-35(20-24)21-26-10-13-36(29(37)25-4-1-5-25)22-28(26)33-30(38)32-11-14-34-15-17-39-18-16-34/h6-9,24-26,28H,1-5,10-22H2,(H2,32,33,38)/t24-,26-,28-/m0/s1. The van der Waals surface area contributed by atoms with E-state index in [1.807, 2.05) is 17.0 Å². The number of likely N-dealkylation sites (tertiary alicyclic amines) is 2. The van der Waals surface area contributed by atoms with Gasteiger partial charge in [-0.25, -0.2) is 9.18 Å². The number of nitrogens with zero attached hydrogens (tertiary/aromatic N) is 3. The molecule has 1 aromatic rings. The van der Waals surface area contributed by atoms with E-state index in [-0.39, 0.29) is 29.7 Å². The molecule has 0 unspecified atom stereocenters. The van der Waals surface area contributed by atoms with Gasteiger partial charge in [0, 0.05) is 58.3 Å². The highest BCUT2D eigenvalue weighted by Gasteiger charge is 2.37. The van der Waals surface area contributed by atoms with Crippen molar-refractivity contribution >= 4 is 11.9 Å². The van der Waals surface area contributed by atoms with Crippen LogP contribution in [0.25, 0.3) is 0 Å². The fourth-order valence-corrected chi connectivity index (χ4v) is 6.64. The first-order valence-electron chi connectivity index (χ1n) is 15.1. The minimum atomic E-state index is -0.185. The Hall–Kier alpha value is -2.23. The second-order valence-electron chi connectivity index (χ2n) is 12.0. The lowest BCUT2D eigenvalue weighted by molar-refractivity contribution is -0.140. The van der Waals surface area contributed by atoms with Crippen LogP contribution in [0.15, 0.2) is 24.3 Å². The molecule has 39 heavy (non-hydrogen) atoms. The Labute approximate surface area is 232 Å². The van der Waals surface area contributed by atoms with E-state index >= 15 is 0 Å². The Kier molecular flexibility index (Phi) is 10.1. The number of morpholine rings is 1. The molecule has 3 aliphatic heterocycles. The van der Waals surface area contributed by atoms with Crippen molar-refractivity contribution in [3.8, 4) is 0 Å². The molecule has 0 aromatic heterocycles. The first-order chi connectivity index (χ1) is 19.0. The molecule has 9 heteroatoms. The van der Waals surface area contributed by atoms with Crippen LogP contribution < -0.4 is 10.6 Å². The lowest BCUT2D eigenvalue weighted by Gasteiger charge is -2.44. The number of halogens is 1. The van der Waals surface area contributed by atoms with E-state index in [0.717, 1.165) is 97.6 Å². The van der Waals surface area contributed by atoms with Crippen LogP contribution in [-0.4, -0.2) is 105 Å². The summed E-state index contributed by atoms with van der Waals surface area (Å²) in [6.07, 6.45) is 7.38. The summed E-state index contributed by atoms with van der Waals surface area (Å²) in [6, 6.07) is 6.72. The van der Waals surface area contributed by atoms with Gasteiger partial charge in [0.2, 0.25) is 5.91 Å². The first-order valence-corrected chi connectivity index (χ1v) is 15.1. The fourth-order valence-electron chi connectivity index (χ4n) is 6.64. The number of hydrogen-bond donors (Lipinski definition) is 2. The molecule has 1 saturated carbocycles. The maximum atomic E-state index is 13.3. The monoisotopic (exact) mass is 543 g/mol. The molecule has 216 valence electrons. The number of amides is 3. The van der Waals surface area contributed by atoms with Crippen LogP contribution in [0.2, 0.25) is 0 Å². The molecule has 1 aromatic carbocycles. The van der Waals surface area contributed by atoms with Crippen molar-refractivity contribution in [2.75, 3.05) is 72.1 Å². The Balaban J connectivity index is 1.15. The van der Waals surface area contributed by atoms with E-state index in [2.05, 4.69) is 20.4 Å². The van der Waals surface area contributed by atoms with Crippen molar-refractivity contribution in [1.82, 2.24) is 25.3 Å². The topological polar surface area (TPSA) is 77.2 Å². The van der Waals surface area contributed by atoms with Crippen molar-refractivity contribution in [3.63, 3.8) is 0 Å². The van der Waals surface area contributed by atoms with E-state index in [9.17, 15) is 14.0 Å². The highest BCUT2D eigenvalue weighted by Crippen LogP contribution is 2.31. The molecular formula is C30H46FN5O3. The summed E-state index contributed by atoms with van der Waals surface area (Å²) in [7, 11) is 0. The quantitative estimate of drug-likeness (QED) is 0.501. The summed E-state index contributed by atoms with van der Waals surface area (Å²) in [5.74, 6) is 1.13. The summed E-state index contributed by atoms with van der Waals surface area (Å²) in [5.41, 5.74) is 1.19. The molecular weight excluding hydrogens is 497 g/mol. The van der Waals surface area contributed by atoms with Gasteiger partial charge in [-0.2, -0.15) is 0 Å². The second-order valence-corrected chi connectivity index (χ2v) is 12.0. The smallest absolute Gasteiger partial charge is 0.315 e. The summed E-state index contributed by atoms with van der Waals surface area (Å²) < 4.78 is 18.7. The average molecular weight is 544 g/mol. The van der Waals surface area contributed by atoms with Crippen LogP contribution >= 0.6 is 0 Å². The Morgan fingerprint density at radius 1 is 0.923 bits per heavy atom. The van der Waals surface area contributed by atoms with Crippen LogP contribution in [0.4, 0.5) is 9.18 Å². The minimum absolute atomic E-state index is 0.0522. The molecule has 5 rings (SSSR count). The van der Waals surface area contributed by atoms with E-state index in [1.165, 1.54) is 12.0 Å². The number of carbonyl (C=O) groups is 2. The van der Waals surface area contributed by atoms with Gasteiger partial charge in [0.15, 0.2) is 0 Å². The number of piperidine rings is 2. The normalized spacial score (nSPS) is 27.1. The zero-order chi connectivity index (χ0) is 27.0. The molecule has 3 atom stereocenters. The Morgan fingerprint density at radius 2 is 1.72 bits per heavy atom. The van der Waals surface area contributed by atoms with Crippen molar-refractivity contribution in [2.24, 2.45) is 17.8 Å². The van der Waals surface area contributed by atoms with Gasteiger partial charge >= 0.3 is 6.03 Å². The number of hydrogen-bond acceptors (Lipinski definition) is 5. The zero-order valence-electron chi connectivity index (χ0n) is 23.3. The van der Waals surface area contributed by atoms with Gasteiger partial charge in [-0.1, -0.05) is 18.6 Å². The molecule has 0 bridgehead atoms. The van der Waals surface area contributed by atoms with Gasteiger partial charge in [0.25, 0.3) is 0 Å². The SMILES string of the molecule is O=C(NCCN1CCOCC1)N[C@H]1CN(C(=O)C2CCC2)CC[C@H]1CN1CCC[C@@H](Cc2ccc(F)cc2)C1. The third-order valence-corrected chi connectivity index (χ3v) is 9.19. The summed E-state index contributed by atoms with van der Waals surface area (Å²) in [4.78, 5) is 32.8. The summed E-state index contributed by atoms with van der Waals surface area (Å²) >= 11 is 0. The number of benzene rings is 1. The molecule has 0 spiro atoms. The number of ether oxygens (including phenoxy) is 1. The molecule has 1 aliphatic carbocycles. The van der Waals surface area contributed by atoms with Crippen molar-refractivity contribution in [2.45, 2.75) is 51.0 Å². The van der Waals surface area contributed by atoms with E-state index in [0.29, 0.717) is 24.9 Å². The van der Waals surface area contributed by atoms with Crippen LogP contribution in [0.5, 0.6) is 0 Å². The second kappa shape index (κ2) is 13.9. The molecule has 3 amide bonds. The van der Waals surface area contributed by atoms with Crippen LogP contribution in [0, 0.1) is 23.6 Å². The van der Waals surface area contributed by atoms with Gasteiger partial charge in [-0.15, -0.1) is 0 Å². The number of nitrogens with one attached hydrogen (secondary N) is 2. The molecule has 4 fully saturated rings. The molecule has 3 heterocycles. The largest absolute Gasteiger partial charge is 0.379 e. The van der Waals surface area contributed by atoms with Crippen LogP contribution in [0.3, 0.4) is 0 Å². The van der Waals surface area contributed by atoms with E-state index < -0.39 is 0 Å². The third-order valence-electron chi connectivity index (χ3n) is 9.19. The van der Waals surface area contributed by atoms with Crippen molar-refractivity contribution in [1.29, 1.82) is 0 Å². The fraction of sp³-hybridized carbons (Fsp3) is 0.733. The van der Waals surface area contributed by atoms with Gasteiger partial charge in [-0.3, -0.25) is 9.69 Å². The number of carbonyl (C=O) groups excluding carboxylic acids is 2. The predicted molar refractivity (Wildman–Crippen MR) is 149 cm³/mol. The maximum absolute atomic E-state index is 13.3. The minimum Gasteiger partial charge on any atom is -0.379 e. The summed E-state index contributed by atoms with van der Waals surface area (Å²) in [5, 5.41) is 6.32. The van der Waals surface area contributed by atoms with Crippen molar-refractivity contribution in [3.05, 3.63) is 35.6 Å². The van der Waals surface area contributed by atoms with Gasteiger partial charge in [-0.05, 0) is 74.6 Å². The molecule has 2 N–H and O–H groups in total. The Bertz CT molecular complexity index is 937. The predicted octanol–water partition coefficient (Wildman–Crippen LogP) is 2.73. The zero-order valence-corrected chi connectivity index (χ0v) is 23.3. The van der Waals surface area contributed by atoms with Crippen LogP contribution in [0.1, 0.15) is 44.1 Å². The Morgan fingerprint density at radius 3 is 2.46 bits per heavy atom. The molecule has 8 nitrogen and oxygen atoms in total. The first kappa shape index (κ1) is 28.3. The summed E-state index contributed by atoms with van der Waals surface area (Å²) in [6.45, 7) is 9.15. The van der Waals surface area contributed by atoms with Crippen LogP contribution in [-0.2, 0) is 16.0 Å². The van der Waals surface area contributed by atoms with E-state index in [1.54, 1.807) is 12.1 Å². The van der Waals surface area contributed by atoms with Gasteiger partial charge < -0.3 is 25.2 Å². The highest BCUT2D eigenvalue weighted by atomic mass is 19.1. The van der Waals surface area contributed by atoms with E-state index in [4.69, 9.17) is 4.74 Å². The number of urea groups is 1. The van der Waals surface area contributed by atoms with Gasteiger partial charge in [0.1, 0.15) is 5.82 Å². The van der Waals surface area contributed by atoms with Gasteiger partial charge in [0.05, 0.1) is 19.3 Å². The average Bonchev–Trinajstić information content (AvgIpc) is 2.91. The lowest BCUT2D eigenvalue weighted by Crippen LogP contribution is -2.59. The molecule has 3 saturated heterocycles. The third kappa shape index (κ3) is 8.14. The van der Waals surface area contributed by atoms with Crippen molar-refractivity contribution < 1.29 is 18.7 Å². The highest BCUT2D eigenvalue weighted by molar-refractivity contribution is 5.80. The lowest BCUT2D eigenvalue weighted by atomic mass is 9.82.